The molecule has 1 aliphatic heterocycles. The van der Waals surface area contributed by atoms with Gasteiger partial charge in [0.2, 0.25) is 5.91 Å². The van der Waals surface area contributed by atoms with Gasteiger partial charge in [-0.05, 0) is 86.2 Å². The smallest absolute Gasteiger partial charge is 0.226 e. The molecule has 9 heteroatoms. The van der Waals surface area contributed by atoms with Crippen molar-refractivity contribution in [2.24, 2.45) is 0 Å². The standard InChI is InChI=1S/C30H30FN5O2S/c1-19-18-23(20(2)36(19)21-11-13-22(38-3)14-12-21)29-28(26-10-6-7-16-32-26)34-30(39)35(29)17-15-27(37)33-25-9-5-4-8-24(25)31/h4-14,16,18,28-29H,15,17H2,1-3H3,(H,33,37)(H,34,39)/t28-,29+/m1/s1. The molecule has 7 nitrogen and oxygen atoms in total. The maximum Gasteiger partial charge on any atom is 0.226 e. The van der Waals surface area contributed by atoms with Gasteiger partial charge in [0.25, 0.3) is 0 Å². The van der Waals surface area contributed by atoms with E-state index in [1.165, 1.54) is 6.07 Å². The van der Waals surface area contributed by atoms with E-state index in [0.29, 0.717) is 11.7 Å². The summed E-state index contributed by atoms with van der Waals surface area (Å²) in [5.41, 5.74) is 5.27. The zero-order chi connectivity index (χ0) is 27.5. The molecule has 2 aromatic carbocycles. The first-order chi connectivity index (χ1) is 18.9. The van der Waals surface area contributed by atoms with Crippen LogP contribution in [0.1, 0.15) is 41.1 Å². The summed E-state index contributed by atoms with van der Waals surface area (Å²) in [5, 5.41) is 6.66. The average Bonchev–Trinajstić information content (AvgIpc) is 3.43. The highest BCUT2D eigenvalue weighted by Gasteiger charge is 2.41. The summed E-state index contributed by atoms with van der Waals surface area (Å²) in [6, 6.07) is 21.6. The molecule has 1 saturated heterocycles. The fourth-order valence-electron chi connectivity index (χ4n) is 5.20. The van der Waals surface area contributed by atoms with E-state index in [-0.39, 0.29) is 30.1 Å². The Labute approximate surface area is 232 Å². The molecule has 0 radical (unpaired) electrons. The number of methoxy groups -OCH3 is 1. The second-order valence-corrected chi connectivity index (χ2v) is 9.84. The minimum atomic E-state index is -0.469. The zero-order valence-electron chi connectivity index (χ0n) is 22.0. The van der Waals surface area contributed by atoms with Crippen LogP contribution in [0.15, 0.2) is 79.0 Å². The van der Waals surface area contributed by atoms with Crippen LogP contribution in [0.3, 0.4) is 0 Å². The molecule has 2 atom stereocenters. The van der Waals surface area contributed by atoms with Crippen LogP contribution in [0.2, 0.25) is 0 Å². The van der Waals surface area contributed by atoms with Gasteiger partial charge in [-0.2, -0.15) is 0 Å². The molecule has 0 bridgehead atoms. The van der Waals surface area contributed by atoms with Gasteiger partial charge in [0, 0.05) is 36.2 Å². The lowest BCUT2D eigenvalue weighted by Crippen LogP contribution is -2.33. The fourth-order valence-corrected chi connectivity index (χ4v) is 5.53. The van der Waals surface area contributed by atoms with Crippen molar-refractivity contribution in [2.45, 2.75) is 32.4 Å². The number of benzene rings is 2. The van der Waals surface area contributed by atoms with Crippen LogP contribution in [0.4, 0.5) is 10.1 Å². The highest BCUT2D eigenvalue weighted by molar-refractivity contribution is 7.80. The summed E-state index contributed by atoms with van der Waals surface area (Å²) in [6.45, 7) is 4.52. The van der Waals surface area contributed by atoms with E-state index >= 15 is 0 Å². The van der Waals surface area contributed by atoms with Crippen molar-refractivity contribution in [3.8, 4) is 11.4 Å². The molecule has 0 saturated carbocycles. The van der Waals surface area contributed by atoms with E-state index in [0.717, 1.165) is 34.1 Å². The number of halogens is 1. The molecule has 39 heavy (non-hydrogen) atoms. The van der Waals surface area contributed by atoms with E-state index in [9.17, 15) is 9.18 Å². The number of aromatic nitrogens is 2. The van der Waals surface area contributed by atoms with Crippen molar-refractivity contribution in [3.05, 3.63) is 107 Å². The Morgan fingerprint density at radius 2 is 1.85 bits per heavy atom. The van der Waals surface area contributed by atoms with Crippen LogP contribution >= 0.6 is 12.2 Å². The number of hydrogen-bond donors (Lipinski definition) is 2. The monoisotopic (exact) mass is 543 g/mol. The number of carbonyl (C=O) groups excluding carboxylic acids is 1. The topological polar surface area (TPSA) is 71.4 Å². The Kier molecular flexibility index (Phi) is 7.60. The number of nitrogens with zero attached hydrogens (tertiary/aromatic N) is 3. The lowest BCUT2D eigenvalue weighted by Gasteiger charge is -2.28. The molecule has 3 heterocycles. The van der Waals surface area contributed by atoms with Gasteiger partial charge >= 0.3 is 0 Å². The molecule has 2 aromatic heterocycles. The van der Waals surface area contributed by atoms with Crippen LogP contribution in [0, 0.1) is 19.7 Å². The van der Waals surface area contributed by atoms with Crippen LogP contribution in [-0.4, -0.2) is 39.1 Å². The van der Waals surface area contributed by atoms with E-state index in [1.54, 1.807) is 31.5 Å². The number of para-hydroxylation sites is 1. The first kappa shape index (κ1) is 26.4. The molecule has 0 spiro atoms. The van der Waals surface area contributed by atoms with Gasteiger partial charge < -0.3 is 24.8 Å². The predicted octanol–water partition coefficient (Wildman–Crippen LogP) is 5.64. The van der Waals surface area contributed by atoms with Gasteiger partial charge in [0.1, 0.15) is 11.6 Å². The lowest BCUT2D eigenvalue weighted by atomic mass is 9.96. The number of nitrogens with one attached hydrogen (secondary N) is 2. The number of amides is 1. The molecule has 200 valence electrons. The molecule has 1 aliphatic rings. The first-order valence-electron chi connectivity index (χ1n) is 12.7. The summed E-state index contributed by atoms with van der Waals surface area (Å²) in [6.07, 6.45) is 1.90. The number of hydrogen-bond acceptors (Lipinski definition) is 4. The molecule has 0 unspecified atom stereocenters. The Morgan fingerprint density at radius 1 is 1.10 bits per heavy atom. The third-order valence-corrected chi connectivity index (χ3v) is 7.40. The zero-order valence-corrected chi connectivity index (χ0v) is 22.8. The van der Waals surface area contributed by atoms with Crippen molar-refractivity contribution >= 4 is 28.9 Å². The minimum absolute atomic E-state index is 0.138. The summed E-state index contributed by atoms with van der Waals surface area (Å²) < 4.78 is 21.6. The van der Waals surface area contributed by atoms with Gasteiger partial charge in [-0.3, -0.25) is 9.78 Å². The van der Waals surface area contributed by atoms with E-state index in [1.807, 2.05) is 47.4 Å². The van der Waals surface area contributed by atoms with Crippen molar-refractivity contribution in [3.63, 3.8) is 0 Å². The second kappa shape index (κ2) is 11.2. The third-order valence-electron chi connectivity index (χ3n) is 7.05. The molecule has 1 amide bonds. The van der Waals surface area contributed by atoms with Crippen molar-refractivity contribution in [1.29, 1.82) is 0 Å². The summed E-state index contributed by atoms with van der Waals surface area (Å²) in [5.74, 6) is 0.0387. The van der Waals surface area contributed by atoms with Gasteiger partial charge in [-0.1, -0.05) is 18.2 Å². The summed E-state index contributed by atoms with van der Waals surface area (Å²) >= 11 is 5.78. The SMILES string of the molecule is COc1ccc(-n2c(C)cc([C@H]3[C@@H](c4ccccn4)NC(=S)N3CCC(=O)Nc3ccccc3F)c2C)cc1. The highest BCUT2D eigenvalue weighted by atomic mass is 32.1. The Morgan fingerprint density at radius 3 is 2.54 bits per heavy atom. The Hall–Kier alpha value is -4.24. The van der Waals surface area contributed by atoms with E-state index in [4.69, 9.17) is 17.0 Å². The fraction of sp³-hybridized carbons (Fsp3) is 0.233. The number of pyridine rings is 1. The Bertz CT molecular complexity index is 1490. The molecule has 1 fully saturated rings. The van der Waals surface area contributed by atoms with Crippen LogP contribution < -0.4 is 15.4 Å². The number of carbonyl (C=O) groups is 1. The number of thiocarbonyl (C=S) groups is 1. The predicted molar refractivity (Wildman–Crippen MR) is 154 cm³/mol. The number of anilines is 1. The molecular formula is C30H30FN5O2S. The van der Waals surface area contributed by atoms with Crippen LogP contribution in [-0.2, 0) is 4.79 Å². The third kappa shape index (κ3) is 5.35. The highest BCUT2D eigenvalue weighted by Crippen LogP contribution is 2.41. The first-order valence-corrected chi connectivity index (χ1v) is 13.1. The van der Waals surface area contributed by atoms with E-state index in [2.05, 4.69) is 40.1 Å². The number of aryl methyl sites for hydroxylation is 1. The molecular weight excluding hydrogens is 513 g/mol. The van der Waals surface area contributed by atoms with E-state index < -0.39 is 5.82 Å². The Balaban J connectivity index is 1.47. The summed E-state index contributed by atoms with van der Waals surface area (Å²) in [4.78, 5) is 19.4. The van der Waals surface area contributed by atoms with Crippen molar-refractivity contribution in [2.75, 3.05) is 19.0 Å². The normalized spacial score (nSPS) is 16.7. The van der Waals surface area contributed by atoms with Gasteiger partial charge in [0.15, 0.2) is 5.11 Å². The molecule has 2 N–H and O–H groups in total. The minimum Gasteiger partial charge on any atom is -0.497 e. The molecule has 4 aromatic rings. The second-order valence-electron chi connectivity index (χ2n) is 9.46. The van der Waals surface area contributed by atoms with Gasteiger partial charge in [-0.15, -0.1) is 0 Å². The van der Waals surface area contributed by atoms with Crippen LogP contribution in [0.5, 0.6) is 5.75 Å². The molecule has 5 rings (SSSR count). The maximum absolute atomic E-state index is 14.1. The van der Waals surface area contributed by atoms with Crippen molar-refractivity contribution in [1.82, 2.24) is 19.8 Å². The van der Waals surface area contributed by atoms with Gasteiger partial charge in [-0.25, -0.2) is 4.39 Å². The average molecular weight is 544 g/mol. The lowest BCUT2D eigenvalue weighted by molar-refractivity contribution is -0.116. The van der Waals surface area contributed by atoms with Crippen molar-refractivity contribution < 1.29 is 13.9 Å². The van der Waals surface area contributed by atoms with Gasteiger partial charge in [0.05, 0.1) is 30.6 Å². The largest absolute Gasteiger partial charge is 0.497 e. The number of rotatable bonds is 8. The summed E-state index contributed by atoms with van der Waals surface area (Å²) in [7, 11) is 1.65. The number of ether oxygens (including phenoxy) is 1. The van der Waals surface area contributed by atoms with Crippen LogP contribution in [0.25, 0.3) is 5.69 Å². The quantitative estimate of drug-likeness (QED) is 0.281. The molecule has 0 aliphatic carbocycles. The maximum atomic E-state index is 14.1.